The molecule has 0 unspecified atom stereocenters. The summed E-state index contributed by atoms with van der Waals surface area (Å²) < 4.78 is 1.55. The summed E-state index contributed by atoms with van der Waals surface area (Å²) in [6.07, 6.45) is 7.41. The first-order valence-electron chi connectivity index (χ1n) is 8.74. The fourth-order valence-corrected chi connectivity index (χ4v) is 3.49. The number of nitrogens with one attached hydrogen (secondary N) is 1. The predicted molar refractivity (Wildman–Crippen MR) is 99.7 cm³/mol. The number of hydrogen-bond acceptors (Lipinski definition) is 4. The van der Waals surface area contributed by atoms with E-state index in [9.17, 15) is 14.9 Å². The molecule has 0 aliphatic heterocycles. The van der Waals surface area contributed by atoms with Crippen LogP contribution in [0.2, 0.25) is 0 Å². The van der Waals surface area contributed by atoms with E-state index in [4.69, 9.17) is 0 Å². The van der Waals surface area contributed by atoms with Gasteiger partial charge in [-0.25, -0.2) is 4.98 Å². The van der Waals surface area contributed by atoms with Gasteiger partial charge in [0.25, 0.3) is 11.6 Å². The first-order valence-corrected chi connectivity index (χ1v) is 8.74. The number of nitro benzene ring substituents is 1. The first kappa shape index (κ1) is 17.0. The minimum absolute atomic E-state index is 0.136. The van der Waals surface area contributed by atoms with E-state index in [0.29, 0.717) is 5.69 Å². The number of amides is 1. The Bertz CT molecular complexity index is 980. The number of carbonyl (C=O) groups is 1. The summed E-state index contributed by atoms with van der Waals surface area (Å²) in [5, 5.41) is 14.6. The molecular formula is C20H18N4O3. The summed E-state index contributed by atoms with van der Waals surface area (Å²) in [5.41, 5.74) is 1.18. The second-order valence-electron chi connectivity index (χ2n) is 6.69. The number of hydrogen-bond donors (Lipinski definition) is 1. The third-order valence-electron chi connectivity index (χ3n) is 5.10. The second kappa shape index (κ2) is 6.68. The molecule has 4 rings (SSSR count). The topological polar surface area (TPSA) is 90.1 Å². The standard InChI is InChI=1S/C20H18N4O3/c25-19(22-20(9-4-10-20)16-5-2-1-3-6-16)15-7-8-17(18(13-15)24(26)27)23-12-11-21-14-23/h1-3,5-8,11-14H,4,9-10H2,(H,22,25). The maximum Gasteiger partial charge on any atom is 0.294 e. The Morgan fingerprint density at radius 2 is 1.96 bits per heavy atom. The van der Waals surface area contributed by atoms with Gasteiger partial charge in [-0.2, -0.15) is 0 Å². The van der Waals surface area contributed by atoms with Crippen LogP contribution in [0.15, 0.2) is 67.3 Å². The monoisotopic (exact) mass is 362 g/mol. The molecule has 1 saturated carbocycles. The van der Waals surface area contributed by atoms with Gasteiger partial charge in [-0.3, -0.25) is 14.9 Å². The Kier molecular flexibility index (Phi) is 4.19. The van der Waals surface area contributed by atoms with Crippen LogP contribution < -0.4 is 5.32 Å². The molecule has 0 radical (unpaired) electrons. The van der Waals surface area contributed by atoms with E-state index < -0.39 is 10.5 Å². The van der Waals surface area contributed by atoms with Crippen molar-refractivity contribution in [1.82, 2.24) is 14.9 Å². The van der Waals surface area contributed by atoms with Crippen molar-refractivity contribution in [3.8, 4) is 5.69 Å². The molecule has 27 heavy (non-hydrogen) atoms. The van der Waals surface area contributed by atoms with E-state index in [0.717, 1.165) is 24.8 Å². The number of rotatable bonds is 5. The maximum atomic E-state index is 12.8. The molecule has 1 N–H and O–H groups in total. The Morgan fingerprint density at radius 3 is 2.56 bits per heavy atom. The first-order chi connectivity index (χ1) is 13.1. The highest BCUT2D eigenvalue weighted by Gasteiger charge is 2.40. The van der Waals surface area contributed by atoms with Gasteiger partial charge in [-0.15, -0.1) is 0 Å². The third kappa shape index (κ3) is 3.08. The normalized spacial score (nSPS) is 15.0. The maximum absolute atomic E-state index is 12.8. The Balaban J connectivity index is 1.64. The van der Waals surface area contributed by atoms with Crippen molar-refractivity contribution in [2.75, 3.05) is 0 Å². The number of nitro groups is 1. The zero-order valence-electron chi connectivity index (χ0n) is 14.5. The second-order valence-corrected chi connectivity index (χ2v) is 6.69. The van der Waals surface area contributed by atoms with Gasteiger partial charge in [-0.1, -0.05) is 30.3 Å². The minimum atomic E-state index is -0.484. The molecule has 7 nitrogen and oxygen atoms in total. The van der Waals surface area contributed by atoms with Crippen molar-refractivity contribution < 1.29 is 9.72 Å². The van der Waals surface area contributed by atoms with Crippen LogP contribution in [0.1, 0.15) is 35.2 Å². The average Bonchev–Trinajstić information content (AvgIpc) is 3.19. The van der Waals surface area contributed by atoms with Gasteiger partial charge in [0.2, 0.25) is 0 Å². The van der Waals surface area contributed by atoms with Crippen LogP contribution in [0.25, 0.3) is 5.69 Å². The highest BCUT2D eigenvalue weighted by Crippen LogP contribution is 2.41. The summed E-state index contributed by atoms with van der Waals surface area (Å²) in [4.78, 5) is 27.8. The molecule has 1 aliphatic rings. The molecule has 1 fully saturated rings. The lowest BCUT2D eigenvalue weighted by molar-refractivity contribution is -0.384. The lowest BCUT2D eigenvalue weighted by Crippen LogP contribution is -2.50. The molecule has 3 aromatic rings. The predicted octanol–water partition coefficient (Wildman–Crippen LogP) is 3.59. The number of imidazole rings is 1. The van der Waals surface area contributed by atoms with Crippen molar-refractivity contribution in [3.05, 3.63) is 88.5 Å². The van der Waals surface area contributed by atoms with Crippen LogP contribution in [0.5, 0.6) is 0 Å². The molecule has 1 aromatic heterocycles. The van der Waals surface area contributed by atoms with E-state index in [1.807, 2.05) is 30.3 Å². The van der Waals surface area contributed by atoms with Crippen molar-refractivity contribution in [1.29, 1.82) is 0 Å². The summed E-state index contributed by atoms with van der Waals surface area (Å²) in [6.45, 7) is 0. The van der Waals surface area contributed by atoms with E-state index >= 15 is 0 Å². The van der Waals surface area contributed by atoms with E-state index in [1.54, 1.807) is 29.1 Å². The van der Waals surface area contributed by atoms with Crippen LogP contribution in [0.3, 0.4) is 0 Å². The molecule has 136 valence electrons. The largest absolute Gasteiger partial charge is 0.343 e. The smallest absolute Gasteiger partial charge is 0.294 e. The Morgan fingerprint density at radius 1 is 1.19 bits per heavy atom. The van der Waals surface area contributed by atoms with Crippen LogP contribution in [0, 0.1) is 10.1 Å². The Labute approximate surface area is 155 Å². The molecule has 2 aromatic carbocycles. The fraction of sp³-hybridized carbons (Fsp3) is 0.200. The van der Waals surface area contributed by atoms with Crippen LogP contribution in [-0.4, -0.2) is 20.4 Å². The van der Waals surface area contributed by atoms with Gasteiger partial charge >= 0.3 is 0 Å². The summed E-state index contributed by atoms with van der Waals surface area (Å²) >= 11 is 0. The van der Waals surface area contributed by atoms with Gasteiger partial charge in [0, 0.05) is 24.0 Å². The zero-order valence-corrected chi connectivity index (χ0v) is 14.5. The summed E-state index contributed by atoms with van der Waals surface area (Å²) in [5.74, 6) is -0.307. The van der Waals surface area contributed by atoms with Crippen molar-refractivity contribution in [3.63, 3.8) is 0 Å². The molecule has 1 heterocycles. The van der Waals surface area contributed by atoms with Gasteiger partial charge in [0.1, 0.15) is 5.69 Å². The zero-order chi connectivity index (χ0) is 18.9. The minimum Gasteiger partial charge on any atom is -0.343 e. The quantitative estimate of drug-likeness (QED) is 0.555. The lowest BCUT2D eigenvalue weighted by Gasteiger charge is -2.43. The Hall–Kier alpha value is -3.48. The van der Waals surface area contributed by atoms with Gasteiger partial charge in [-0.05, 0) is 37.0 Å². The molecular weight excluding hydrogens is 344 g/mol. The lowest BCUT2D eigenvalue weighted by atomic mass is 9.71. The highest BCUT2D eigenvalue weighted by atomic mass is 16.6. The van der Waals surface area contributed by atoms with Crippen molar-refractivity contribution >= 4 is 11.6 Å². The molecule has 7 heteroatoms. The van der Waals surface area contributed by atoms with Gasteiger partial charge < -0.3 is 9.88 Å². The van der Waals surface area contributed by atoms with Crippen LogP contribution in [0.4, 0.5) is 5.69 Å². The number of nitrogens with zero attached hydrogens (tertiary/aromatic N) is 3. The molecule has 1 aliphatic carbocycles. The molecule has 0 atom stereocenters. The van der Waals surface area contributed by atoms with Crippen molar-refractivity contribution in [2.45, 2.75) is 24.8 Å². The number of aromatic nitrogens is 2. The molecule has 0 spiro atoms. The van der Waals surface area contributed by atoms with Crippen LogP contribution in [-0.2, 0) is 5.54 Å². The third-order valence-corrected chi connectivity index (χ3v) is 5.10. The number of benzene rings is 2. The summed E-state index contributed by atoms with van der Waals surface area (Å²) in [7, 11) is 0. The SMILES string of the molecule is O=C(NC1(c2ccccc2)CCC1)c1ccc(-n2ccnc2)c([N+](=O)[O-])c1. The fourth-order valence-electron chi connectivity index (χ4n) is 3.49. The highest BCUT2D eigenvalue weighted by molar-refractivity contribution is 5.96. The van der Waals surface area contributed by atoms with Gasteiger partial charge in [0.15, 0.2) is 0 Å². The van der Waals surface area contributed by atoms with E-state index in [1.165, 1.54) is 12.4 Å². The van der Waals surface area contributed by atoms with Gasteiger partial charge in [0.05, 0.1) is 16.8 Å². The molecule has 1 amide bonds. The van der Waals surface area contributed by atoms with Crippen molar-refractivity contribution in [2.24, 2.45) is 0 Å². The van der Waals surface area contributed by atoms with E-state index in [2.05, 4.69) is 10.3 Å². The molecule has 0 bridgehead atoms. The van der Waals surface area contributed by atoms with Crippen LogP contribution >= 0.6 is 0 Å². The molecule has 0 saturated heterocycles. The van der Waals surface area contributed by atoms with E-state index in [-0.39, 0.29) is 17.2 Å². The summed E-state index contributed by atoms with van der Waals surface area (Å²) in [6, 6.07) is 14.4. The number of carbonyl (C=O) groups excluding carboxylic acids is 1. The average molecular weight is 362 g/mol.